The maximum absolute atomic E-state index is 12.0. The predicted molar refractivity (Wildman–Crippen MR) is 96.4 cm³/mol. The van der Waals surface area contributed by atoms with Gasteiger partial charge in [-0.2, -0.15) is 0 Å². The van der Waals surface area contributed by atoms with Gasteiger partial charge in [-0.05, 0) is 37.5 Å². The molecular formula is C17H21ClN4O2. The number of halogens is 1. The molecular weight excluding hydrogens is 328 g/mol. The molecule has 1 aliphatic rings. The Morgan fingerprint density at radius 1 is 1.21 bits per heavy atom. The minimum Gasteiger partial charge on any atom is -0.370 e. The van der Waals surface area contributed by atoms with Crippen LogP contribution in [0.1, 0.15) is 19.3 Å². The van der Waals surface area contributed by atoms with E-state index in [1.54, 1.807) is 6.07 Å². The van der Waals surface area contributed by atoms with Gasteiger partial charge in [-0.3, -0.25) is 4.79 Å². The zero-order valence-electron chi connectivity index (χ0n) is 13.4. The van der Waals surface area contributed by atoms with Gasteiger partial charge in [0.05, 0.1) is 24.5 Å². The molecule has 1 aliphatic heterocycles. The number of nitrogens with one attached hydrogen (secondary N) is 3. The van der Waals surface area contributed by atoms with E-state index >= 15 is 0 Å². The van der Waals surface area contributed by atoms with Gasteiger partial charge in [0.25, 0.3) is 0 Å². The van der Waals surface area contributed by atoms with Crippen LogP contribution < -0.4 is 20.9 Å². The molecule has 2 rings (SSSR count). The minimum absolute atomic E-state index is 0.134. The lowest BCUT2D eigenvalue weighted by atomic mass is 10.1. The van der Waals surface area contributed by atoms with Crippen molar-refractivity contribution in [2.24, 2.45) is 0 Å². The second-order valence-electron chi connectivity index (χ2n) is 5.50. The van der Waals surface area contributed by atoms with Crippen molar-refractivity contribution in [2.45, 2.75) is 19.3 Å². The highest BCUT2D eigenvalue weighted by atomic mass is 35.5. The quantitative estimate of drug-likeness (QED) is 0.714. The molecule has 3 amide bonds. The summed E-state index contributed by atoms with van der Waals surface area (Å²) < 4.78 is 0. The van der Waals surface area contributed by atoms with Crippen LogP contribution in [0.2, 0.25) is 5.02 Å². The van der Waals surface area contributed by atoms with Crippen LogP contribution in [0.3, 0.4) is 0 Å². The molecule has 0 aliphatic carbocycles. The number of hydrogen-bond donors (Lipinski definition) is 3. The Morgan fingerprint density at radius 2 is 1.96 bits per heavy atom. The molecule has 0 spiro atoms. The molecule has 3 N–H and O–H groups in total. The Balaban J connectivity index is 1.97. The topological polar surface area (TPSA) is 73.5 Å². The number of carbonyl (C=O) groups excluding carboxylic acids is 2. The van der Waals surface area contributed by atoms with E-state index in [2.05, 4.69) is 26.8 Å². The standard InChI is InChI=1S/C17H21ClN4O2/c1-2-8-19-16(23)12-20-17(24)21-14-11-13(18)6-7-15(14)22-9-4-3-5-10-22/h1,6-7,11H,3-5,8-10,12H2,(H,19,23)(H2,20,21,24). The molecule has 24 heavy (non-hydrogen) atoms. The monoisotopic (exact) mass is 348 g/mol. The molecule has 1 aromatic rings. The number of nitrogens with zero attached hydrogens (tertiary/aromatic N) is 1. The highest BCUT2D eigenvalue weighted by Crippen LogP contribution is 2.31. The van der Waals surface area contributed by atoms with E-state index in [1.807, 2.05) is 12.1 Å². The normalized spacial score (nSPS) is 13.8. The van der Waals surface area contributed by atoms with Crippen LogP contribution >= 0.6 is 11.6 Å². The van der Waals surface area contributed by atoms with Crippen LogP contribution in [0, 0.1) is 12.3 Å². The molecule has 1 fully saturated rings. The van der Waals surface area contributed by atoms with E-state index in [4.69, 9.17) is 18.0 Å². The lowest BCUT2D eigenvalue weighted by Crippen LogP contribution is -2.39. The van der Waals surface area contributed by atoms with Gasteiger partial charge in [0.15, 0.2) is 0 Å². The molecule has 0 unspecified atom stereocenters. The molecule has 0 radical (unpaired) electrons. The van der Waals surface area contributed by atoms with Crippen LogP contribution in [0.25, 0.3) is 0 Å². The highest BCUT2D eigenvalue weighted by molar-refractivity contribution is 6.31. The van der Waals surface area contributed by atoms with Gasteiger partial charge in [0.1, 0.15) is 0 Å². The number of anilines is 2. The summed E-state index contributed by atoms with van der Waals surface area (Å²) in [6.07, 6.45) is 8.53. The average molecular weight is 349 g/mol. The zero-order chi connectivity index (χ0) is 17.4. The smallest absolute Gasteiger partial charge is 0.319 e. The summed E-state index contributed by atoms with van der Waals surface area (Å²) in [7, 11) is 0. The van der Waals surface area contributed by atoms with Gasteiger partial charge in [0, 0.05) is 18.1 Å². The van der Waals surface area contributed by atoms with Gasteiger partial charge in [-0.1, -0.05) is 17.5 Å². The Kier molecular flexibility index (Phi) is 6.76. The molecule has 6 nitrogen and oxygen atoms in total. The summed E-state index contributed by atoms with van der Waals surface area (Å²) in [6, 6.07) is 4.96. The fourth-order valence-corrected chi connectivity index (χ4v) is 2.73. The van der Waals surface area contributed by atoms with Gasteiger partial charge < -0.3 is 20.9 Å². The number of amides is 3. The summed E-state index contributed by atoms with van der Waals surface area (Å²) in [5.41, 5.74) is 1.57. The number of urea groups is 1. The number of hydrogen-bond acceptors (Lipinski definition) is 3. The van der Waals surface area contributed by atoms with E-state index in [-0.39, 0.29) is 19.0 Å². The predicted octanol–water partition coefficient (Wildman–Crippen LogP) is 2.20. The maximum atomic E-state index is 12.0. The first-order valence-electron chi connectivity index (χ1n) is 7.89. The largest absolute Gasteiger partial charge is 0.370 e. The average Bonchev–Trinajstić information content (AvgIpc) is 2.59. The lowest BCUT2D eigenvalue weighted by Gasteiger charge is -2.30. The summed E-state index contributed by atoms with van der Waals surface area (Å²) in [4.78, 5) is 25.7. The van der Waals surface area contributed by atoms with E-state index in [1.165, 1.54) is 6.42 Å². The van der Waals surface area contributed by atoms with Crippen LogP contribution in [0.5, 0.6) is 0 Å². The second kappa shape index (κ2) is 9.04. The summed E-state index contributed by atoms with van der Waals surface area (Å²) in [5.74, 6) is 1.95. The second-order valence-corrected chi connectivity index (χ2v) is 5.93. The first kappa shape index (κ1) is 18.0. The van der Waals surface area contributed by atoms with Gasteiger partial charge in [0.2, 0.25) is 5.91 Å². The first-order chi connectivity index (χ1) is 11.6. The molecule has 128 valence electrons. The van der Waals surface area contributed by atoms with Crippen molar-refractivity contribution >= 4 is 34.9 Å². The Labute approximate surface area is 146 Å². The number of terminal acetylenes is 1. The van der Waals surface area contributed by atoms with Crippen molar-refractivity contribution < 1.29 is 9.59 Å². The van der Waals surface area contributed by atoms with Crippen LogP contribution in [-0.2, 0) is 4.79 Å². The third-order valence-electron chi connectivity index (χ3n) is 3.70. The maximum Gasteiger partial charge on any atom is 0.319 e. The van der Waals surface area contributed by atoms with Crippen LogP contribution in [0.4, 0.5) is 16.2 Å². The van der Waals surface area contributed by atoms with Crippen LogP contribution in [0.15, 0.2) is 18.2 Å². The van der Waals surface area contributed by atoms with Crippen molar-refractivity contribution in [3.8, 4) is 12.3 Å². The zero-order valence-corrected chi connectivity index (χ0v) is 14.2. The third kappa shape index (κ3) is 5.36. The highest BCUT2D eigenvalue weighted by Gasteiger charge is 2.16. The number of benzene rings is 1. The van der Waals surface area contributed by atoms with Crippen molar-refractivity contribution in [3.05, 3.63) is 23.2 Å². The van der Waals surface area contributed by atoms with Crippen LogP contribution in [-0.4, -0.2) is 38.1 Å². The molecule has 0 atom stereocenters. The van der Waals surface area contributed by atoms with Gasteiger partial charge in [-0.25, -0.2) is 4.79 Å². The number of rotatable bonds is 5. The van der Waals surface area contributed by atoms with E-state index in [0.29, 0.717) is 10.7 Å². The lowest BCUT2D eigenvalue weighted by molar-refractivity contribution is -0.119. The molecule has 7 heteroatoms. The molecule has 0 saturated carbocycles. The first-order valence-corrected chi connectivity index (χ1v) is 8.27. The summed E-state index contributed by atoms with van der Waals surface area (Å²) in [6.45, 7) is 1.89. The van der Waals surface area contributed by atoms with Crippen molar-refractivity contribution in [3.63, 3.8) is 0 Å². The van der Waals surface area contributed by atoms with E-state index < -0.39 is 6.03 Å². The van der Waals surface area contributed by atoms with Gasteiger partial charge in [-0.15, -0.1) is 6.42 Å². The Hall–Kier alpha value is -2.39. The summed E-state index contributed by atoms with van der Waals surface area (Å²) in [5, 5.41) is 8.28. The molecule has 0 aromatic heterocycles. The van der Waals surface area contributed by atoms with E-state index in [0.717, 1.165) is 31.6 Å². The molecule has 0 bridgehead atoms. The van der Waals surface area contributed by atoms with E-state index in [9.17, 15) is 9.59 Å². The Morgan fingerprint density at radius 3 is 2.67 bits per heavy atom. The van der Waals surface area contributed by atoms with Crippen molar-refractivity contribution in [1.82, 2.24) is 10.6 Å². The van der Waals surface area contributed by atoms with Crippen molar-refractivity contribution in [2.75, 3.05) is 36.4 Å². The number of carbonyl (C=O) groups is 2. The molecule has 1 saturated heterocycles. The minimum atomic E-state index is -0.466. The fourth-order valence-electron chi connectivity index (χ4n) is 2.56. The van der Waals surface area contributed by atoms with Crippen molar-refractivity contribution in [1.29, 1.82) is 0 Å². The SMILES string of the molecule is C#CCNC(=O)CNC(=O)Nc1cc(Cl)ccc1N1CCCCC1. The Bertz CT molecular complexity index is 636. The summed E-state index contributed by atoms with van der Waals surface area (Å²) >= 11 is 6.05. The number of piperidine rings is 1. The molecule has 1 heterocycles. The fraction of sp³-hybridized carbons (Fsp3) is 0.412. The molecule has 1 aromatic carbocycles. The van der Waals surface area contributed by atoms with Gasteiger partial charge >= 0.3 is 6.03 Å². The third-order valence-corrected chi connectivity index (χ3v) is 3.94.